The summed E-state index contributed by atoms with van der Waals surface area (Å²) in [5.41, 5.74) is 7.65. The van der Waals surface area contributed by atoms with Crippen molar-refractivity contribution in [3.63, 3.8) is 0 Å². The summed E-state index contributed by atoms with van der Waals surface area (Å²) in [7, 11) is 0. The highest BCUT2D eigenvalue weighted by atomic mass is 16.6. The van der Waals surface area contributed by atoms with Crippen molar-refractivity contribution in [2.45, 2.75) is 32.8 Å². The molecule has 2 N–H and O–H groups in total. The van der Waals surface area contributed by atoms with Gasteiger partial charge in [-0.1, -0.05) is 19.1 Å². The molecule has 1 heterocycles. The first-order valence-corrected chi connectivity index (χ1v) is 5.74. The van der Waals surface area contributed by atoms with Crippen LogP contribution in [0.1, 0.15) is 24.5 Å². The summed E-state index contributed by atoms with van der Waals surface area (Å²) in [6, 6.07) is 4.11. The quantitative estimate of drug-likeness (QED) is 0.832. The average molecular weight is 221 g/mol. The zero-order chi connectivity index (χ0) is 11.8. The fraction of sp³-hybridized carbons (Fsp3) is 0.538. The van der Waals surface area contributed by atoms with Gasteiger partial charge in [0.25, 0.3) is 0 Å². The Labute approximate surface area is 96.5 Å². The number of ether oxygens (including phenoxy) is 2. The highest BCUT2D eigenvalue weighted by Crippen LogP contribution is 2.41. The van der Waals surface area contributed by atoms with Gasteiger partial charge in [0, 0.05) is 6.54 Å². The summed E-state index contributed by atoms with van der Waals surface area (Å²) in [5, 5.41) is 0. The molecule has 1 aliphatic heterocycles. The highest BCUT2D eigenvalue weighted by molar-refractivity contribution is 5.52. The first-order chi connectivity index (χ1) is 7.62. The Balaban J connectivity index is 2.43. The third kappa shape index (κ3) is 1.65. The molecule has 1 aromatic carbocycles. The van der Waals surface area contributed by atoms with Gasteiger partial charge in [-0.05, 0) is 31.4 Å². The van der Waals surface area contributed by atoms with Crippen molar-refractivity contribution in [1.29, 1.82) is 0 Å². The van der Waals surface area contributed by atoms with E-state index < -0.39 is 0 Å². The number of benzene rings is 1. The van der Waals surface area contributed by atoms with Gasteiger partial charge in [0.05, 0.1) is 0 Å². The summed E-state index contributed by atoms with van der Waals surface area (Å²) >= 11 is 0. The molecule has 3 nitrogen and oxygen atoms in total. The summed E-state index contributed by atoms with van der Waals surface area (Å²) < 4.78 is 11.9. The van der Waals surface area contributed by atoms with Gasteiger partial charge in [0.15, 0.2) is 17.1 Å². The lowest BCUT2D eigenvalue weighted by Crippen LogP contribution is -2.50. The predicted molar refractivity (Wildman–Crippen MR) is 64.1 cm³/mol. The molecular formula is C13H19NO2. The van der Waals surface area contributed by atoms with Crippen LogP contribution in [0.25, 0.3) is 0 Å². The molecule has 0 aromatic heterocycles. The van der Waals surface area contributed by atoms with Crippen LogP contribution in [0.4, 0.5) is 0 Å². The molecule has 0 fully saturated rings. The van der Waals surface area contributed by atoms with Crippen molar-refractivity contribution < 1.29 is 9.47 Å². The molecule has 0 spiro atoms. The topological polar surface area (TPSA) is 44.5 Å². The molecule has 0 radical (unpaired) electrons. The van der Waals surface area contributed by atoms with Crippen molar-refractivity contribution in [2.24, 2.45) is 5.73 Å². The molecule has 1 atom stereocenters. The Morgan fingerprint density at radius 1 is 1.25 bits per heavy atom. The van der Waals surface area contributed by atoms with Crippen molar-refractivity contribution >= 4 is 0 Å². The Morgan fingerprint density at radius 2 is 1.88 bits per heavy atom. The molecular weight excluding hydrogens is 202 g/mol. The number of nitrogens with two attached hydrogens (primary N) is 1. The third-order valence-corrected chi connectivity index (χ3v) is 3.32. The van der Waals surface area contributed by atoms with Crippen LogP contribution >= 0.6 is 0 Å². The molecule has 0 bridgehead atoms. The van der Waals surface area contributed by atoms with E-state index in [1.807, 2.05) is 13.8 Å². The Morgan fingerprint density at radius 3 is 2.44 bits per heavy atom. The number of fused-ring (bicyclic) bond motifs is 1. The average Bonchev–Trinajstić information content (AvgIpc) is 2.33. The lowest BCUT2D eigenvalue weighted by molar-refractivity contribution is -0.00549. The van der Waals surface area contributed by atoms with Gasteiger partial charge in [-0.2, -0.15) is 0 Å². The predicted octanol–water partition coefficient (Wildman–Crippen LogP) is 2.18. The summed E-state index contributed by atoms with van der Waals surface area (Å²) in [5.74, 6) is 1.73. The molecule has 1 aromatic rings. The minimum atomic E-state index is -0.356. The molecule has 88 valence electrons. The van der Waals surface area contributed by atoms with Gasteiger partial charge in [-0.3, -0.25) is 0 Å². The van der Waals surface area contributed by atoms with Gasteiger partial charge in [0.2, 0.25) is 0 Å². The van der Waals surface area contributed by atoms with E-state index in [0.29, 0.717) is 13.2 Å². The van der Waals surface area contributed by atoms with E-state index in [9.17, 15) is 0 Å². The van der Waals surface area contributed by atoms with Crippen LogP contribution < -0.4 is 15.2 Å². The third-order valence-electron chi connectivity index (χ3n) is 3.32. The zero-order valence-corrected chi connectivity index (χ0v) is 10.2. The maximum atomic E-state index is 6.08. The zero-order valence-electron chi connectivity index (χ0n) is 10.2. The molecule has 0 aliphatic carbocycles. The van der Waals surface area contributed by atoms with Gasteiger partial charge < -0.3 is 15.2 Å². The molecule has 16 heavy (non-hydrogen) atoms. The van der Waals surface area contributed by atoms with Crippen molar-refractivity contribution in [3.05, 3.63) is 23.3 Å². The normalized spacial score (nSPS) is 23.2. The molecule has 0 unspecified atom stereocenters. The second-order valence-electron chi connectivity index (χ2n) is 4.49. The standard InChI is InChI=1S/C13H19NO2/c1-4-13(7-14)8-15-11-9(2)5-6-10(3)12(11)16-13/h5-6H,4,7-8,14H2,1-3H3/t13-/m1/s1. The second kappa shape index (κ2) is 3.98. The molecule has 1 aliphatic rings. The Bertz CT molecular complexity index is 397. The maximum absolute atomic E-state index is 6.08. The van der Waals surface area contributed by atoms with E-state index in [1.54, 1.807) is 0 Å². The maximum Gasteiger partial charge on any atom is 0.165 e. The van der Waals surface area contributed by atoms with E-state index in [0.717, 1.165) is 29.0 Å². The van der Waals surface area contributed by atoms with E-state index in [1.165, 1.54) is 0 Å². The van der Waals surface area contributed by atoms with Crippen LogP contribution in [0.5, 0.6) is 11.5 Å². The Hall–Kier alpha value is -1.22. The van der Waals surface area contributed by atoms with Crippen LogP contribution in [-0.2, 0) is 0 Å². The lowest BCUT2D eigenvalue weighted by Gasteiger charge is -2.38. The first-order valence-electron chi connectivity index (χ1n) is 5.74. The molecule has 3 heteroatoms. The van der Waals surface area contributed by atoms with Crippen LogP contribution in [0, 0.1) is 13.8 Å². The Kier molecular flexibility index (Phi) is 2.80. The van der Waals surface area contributed by atoms with Crippen LogP contribution in [0.3, 0.4) is 0 Å². The smallest absolute Gasteiger partial charge is 0.165 e. The summed E-state index contributed by atoms with van der Waals surface area (Å²) in [6.45, 7) is 7.16. The van der Waals surface area contributed by atoms with Crippen molar-refractivity contribution in [1.82, 2.24) is 0 Å². The first kappa shape index (κ1) is 11.3. The van der Waals surface area contributed by atoms with Gasteiger partial charge in [-0.15, -0.1) is 0 Å². The monoisotopic (exact) mass is 221 g/mol. The number of hydrogen-bond donors (Lipinski definition) is 1. The number of aryl methyl sites for hydroxylation is 2. The molecule has 0 saturated heterocycles. The molecule has 0 saturated carbocycles. The van der Waals surface area contributed by atoms with E-state index >= 15 is 0 Å². The van der Waals surface area contributed by atoms with Gasteiger partial charge in [-0.25, -0.2) is 0 Å². The SMILES string of the molecule is CC[C@@]1(CN)COc2c(C)ccc(C)c2O1. The fourth-order valence-electron chi connectivity index (χ4n) is 1.93. The fourth-order valence-corrected chi connectivity index (χ4v) is 1.93. The number of rotatable bonds is 2. The van der Waals surface area contributed by atoms with Gasteiger partial charge >= 0.3 is 0 Å². The van der Waals surface area contributed by atoms with Crippen molar-refractivity contribution in [3.8, 4) is 11.5 Å². The number of hydrogen-bond acceptors (Lipinski definition) is 3. The summed E-state index contributed by atoms with van der Waals surface area (Å²) in [4.78, 5) is 0. The van der Waals surface area contributed by atoms with Crippen molar-refractivity contribution in [2.75, 3.05) is 13.2 Å². The largest absolute Gasteiger partial charge is 0.485 e. The minimum Gasteiger partial charge on any atom is -0.485 e. The van der Waals surface area contributed by atoms with Gasteiger partial charge in [0.1, 0.15) is 6.61 Å². The lowest BCUT2D eigenvalue weighted by atomic mass is 9.99. The van der Waals surface area contributed by atoms with Crippen LogP contribution in [0.2, 0.25) is 0 Å². The van der Waals surface area contributed by atoms with Crippen LogP contribution in [0.15, 0.2) is 12.1 Å². The minimum absolute atomic E-state index is 0.356. The van der Waals surface area contributed by atoms with E-state index in [2.05, 4.69) is 19.1 Å². The van der Waals surface area contributed by atoms with E-state index in [4.69, 9.17) is 15.2 Å². The second-order valence-corrected chi connectivity index (χ2v) is 4.49. The van der Waals surface area contributed by atoms with E-state index in [-0.39, 0.29) is 5.60 Å². The van der Waals surface area contributed by atoms with Crippen LogP contribution in [-0.4, -0.2) is 18.8 Å². The highest BCUT2D eigenvalue weighted by Gasteiger charge is 2.36. The molecule has 2 rings (SSSR count). The molecule has 0 amide bonds. The summed E-state index contributed by atoms with van der Waals surface area (Å²) in [6.07, 6.45) is 0.857.